The van der Waals surface area contributed by atoms with Crippen molar-refractivity contribution < 1.29 is 27.5 Å². The second kappa shape index (κ2) is 7.03. The van der Waals surface area contributed by atoms with Gasteiger partial charge in [-0.15, -0.1) is 0 Å². The first kappa shape index (κ1) is 16.9. The number of esters is 2. The molecule has 0 saturated heterocycles. The lowest BCUT2D eigenvalue weighted by Gasteiger charge is -2.28. The standard InChI is InChI=1S/C12H21NO6S/c1-9(12(15)19-3)20(16,17)13(8-11(14)18-2)10-6-4-5-7-10/h9-10H,4-8H2,1-3H3. The first-order valence-electron chi connectivity index (χ1n) is 6.50. The number of ether oxygens (including phenoxy) is 2. The van der Waals surface area contributed by atoms with Crippen molar-refractivity contribution in [2.45, 2.75) is 43.9 Å². The zero-order chi connectivity index (χ0) is 15.3. The van der Waals surface area contributed by atoms with Gasteiger partial charge in [-0.25, -0.2) is 8.42 Å². The van der Waals surface area contributed by atoms with Gasteiger partial charge in [0.15, 0.2) is 5.25 Å². The largest absolute Gasteiger partial charge is 0.468 e. The van der Waals surface area contributed by atoms with E-state index < -0.39 is 27.2 Å². The molecule has 0 amide bonds. The smallest absolute Gasteiger partial charge is 0.325 e. The Morgan fingerprint density at radius 1 is 1.20 bits per heavy atom. The normalized spacial score (nSPS) is 18.0. The van der Waals surface area contributed by atoms with Crippen molar-refractivity contribution >= 4 is 22.0 Å². The molecular formula is C12H21NO6S. The predicted molar refractivity (Wildman–Crippen MR) is 71.4 cm³/mol. The van der Waals surface area contributed by atoms with Gasteiger partial charge >= 0.3 is 11.9 Å². The number of rotatable bonds is 6. The molecule has 1 saturated carbocycles. The van der Waals surface area contributed by atoms with Gasteiger partial charge in [-0.1, -0.05) is 12.8 Å². The van der Waals surface area contributed by atoms with Gasteiger partial charge in [-0.05, 0) is 19.8 Å². The van der Waals surface area contributed by atoms with Crippen LogP contribution in [-0.4, -0.2) is 56.7 Å². The van der Waals surface area contributed by atoms with Crippen LogP contribution in [0.2, 0.25) is 0 Å². The van der Waals surface area contributed by atoms with E-state index in [1.165, 1.54) is 14.0 Å². The number of carbonyl (C=O) groups is 2. The van der Waals surface area contributed by atoms with Gasteiger partial charge in [0.25, 0.3) is 0 Å². The molecule has 1 unspecified atom stereocenters. The molecule has 0 aromatic rings. The van der Waals surface area contributed by atoms with E-state index >= 15 is 0 Å². The number of methoxy groups -OCH3 is 2. The van der Waals surface area contributed by atoms with E-state index in [1.54, 1.807) is 0 Å². The number of nitrogens with zero attached hydrogens (tertiary/aromatic N) is 1. The fourth-order valence-electron chi connectivity index (χ4n) is 2.30. The molecule has 116 valence electrons. The minimum absolute atomic E-state index is 0.258. The van der Waals surface area contributed by atoms with E-state index in [-0.39, 0.29) is 12.6 Å². The number of hydrogen-bond acceptors (Lipinski definition) is 6. The molecular weight excluding hydrogens is 286 g/mol. The second-order valence-corrected chi connectivity index (χ2v) is 6.98. The Balaban J connectivity index is 3.01. The molecule has 0 N–H and O–H groups in total. The molecule has 0 heterocycles. The SMILES string of the molecule is COC(=O)CN(C1CCCC1)S(=O)(=O)C(C)C(=O)OC. The van der Waals surface area contributed by atoms with Crippen LogP contribution in [0.3, 0.4) is 0 Å². The number of hydrogen-bond donors (Lipinski definition) is 0. The van der Waals surface area contributed by atoms with Crippen LogP contribution in [0, 0.1) is 0 Å². The molecule has 20 heavy (non-hydrogen) atoms. The monoisotopic (exact) mass is 307 g/mol. The summed E-state index contributed by atoms with van der Waals surface area (Å²) in [6.45, 7) is 0.894. The summed E-state index contributed by atoms with van der Waals surface area (Å²) in [5, 5.41) is -1.34. The van der Waals surface area contributed by atoms with Gasteiger partial charge in [0.1, 0.15) is 6.54 Å². The fraction of sp³-hybridized carbons (Fsp3) is 0.833. The minimum atomic E-state index is -3.94. The van der Waals surface area contributed by atoms with Crippen LogP contribution in [0.25, 0.3) is 0 Å². The Hall–Kier alpha value is -1.15. The lowest BCUT2D eigenvalue weighted by molar-refractivity contribution is -0.142. The van der Waals surface area contributed by atoms with Crippen molar-refractivity contribution in [2.24, 2.45) is 0 Å². The van der Waals surface area contributed by atoms with E-state index in [9.17, 15) is 18.0 Å². The second-order valence-electron chi connectivity index (χ2n) is 4.77. The number of sulfonamides is 1. The predicted octanol–water partition coefficient (Wildman–Crippen LogP) is 0.295. The summed E-state index contributed by atoms with van der Waals surface area (Å²) in [4.78, 5) is 22.9. The van der Waals surface area contributed by atoms with E-state index in [4.69, 9.17) is 0 Å². The third-order valence-corrected chi connectivity index (χ3v) is 5.72. The van der Waals surface area contributed by atoms with Gasteiger partial charge in [0, 0.05) is 6.04 Å². The highest BCUT2D eigenvalue weighted by molar-refractivity contribution is 7.90. The van der Waals surface area contributed by atoms with Crippen LogP contribution in [0.5, 0.6) is 0 Å². The van der Waals surface area contributed by atoms with Crippen molar-refractivity contribution in [3.63, 3.8) is 0 Å². The van der Waals surface area contributed by atoms with Crippen LogP contribution in [0.1, 0.15) is 32.6 Å². The molecule has 0 radical (unpaired) electrons. The molecule has 1 rings (SSSR count). The maximum absolute atomic E-state index is 12.5. The average Bonchev–Trinajstić information content (AvgIpc) is 2.95. The third kappa shape index (κ3) is 3.69. The first-order valence-corrected chi connectivity index (χ1v) is 8.00. The van der Waals surface area contributed by atoms with Gasteiger partial charge in [0.05, 0.1) is 14.2 Å². The summed E-state index contributed by atoms with van der Waals surface area (Å²) in [5.74, 6) is -1.48. The highest BCUT2D eigenvalue weighted by Gasteiger charge is 2.40. The van der Waals surface area contributed by atoms with Crippen LogP contribution >= 0.6 is 0 Å². The van der Waals surface area contributed by atoms with Gasteiger partial charge < -0.3 is 9.47 Å². The molecule has 1 aliphatic carbocycles. The topological polar surface area (TPSA) is 90.0 Å². The van der Waals surface area contributed by atoms with E-state index in [0.29, 0.717) is 12.8 Å². The average molecular weight is 307 g/mol. The Bertz CT molecular complexity index is 455. The highest BCUT2D eigenvalue weighted by Crippen LogP contribution is 2.27. The first-order chi connectivity index (χ1) is 9.34. The van der Waals surface area contributed by atoms with Crippen LogP contribution in [0.15, 0.2) is 0 Å². The Morgan fingerprint density at radius 2 is 1.75 bits per heavy atom. The van der Waals surface area contributed by atoms with E-state index in [2.05, 4.69) is 9.47 Å². The molecule has 7 nitrogen and oxygen atoms in total. The lowest BCUT2D eigenvalue weighted by atomic mass is 10.2. The Kier molecular flexibility index (Phi) is 5.94. The van der Waals surface area contributed by atoms with E-state index in [0.717, 1.165) is 24.3 Å². The summed E-state index contributed by atoms with van der Waals surface area (Å²) < 4.78 is 35.1. The summed E-state index contributed by atoms with van der Waals surface area (Å²) in [6, 6.07) is -0.258. The van der Waals surface area contributed by atoms with Crippen LogP contribution < -0.4 is 0 Å². The Morgan fingerprint density at radius 3 is 2.20 bits per heavy atom. The van der Waals surface area contributed by atoms with Gasteiger partial charge in [-0.3, -0.25) is 9.59 Å². The fourth-order valence-corrected chi connectivity index (χ4v) is 3.96. The minimum Gasteiger partial charge on any atom is -0.468 e. The third-order valence-electron chi connectivity index (χ3n) is 3.55. The molecule has 0 spiro atoms. The summed E-state index contributed by atoms with van der Waals surface area (Å²) in [6.07, 6.45) is 3.18. The Labute approximate surface area is 119 Å². The molecule has 1 atom stereocenters. The van der Waals surface area contributed by atoms with Gasteiger partial charge in [-0.2, -0.15) is 4.31 Å². The zero-order valence-electron chi connectivity index (χ0n) is 12.0. The molecule has 0 aromatic heterocycles. The molecule has 0 bridgehead atoms. The van der Waals surface area contributed by atoms with Crippen molar-refractivity contribution in [2.75, 3.05) is 20.8 Å². The van der Waals surface area contributed by atoms with Crippen molar-refractivity contribution in [3.05, 3.63) is 0 Å². The van der Waals surface area contributed by atoms with Crippen molar-refractivity contribution in [1.82, 2.24) is 4.31 Å². The highest BCUT2D eigenvalue weighted by atomic mass is 32.2. The zero-order valence-corrected chi connectivity index (χ0v) is 12.8. The number of carbonyl (C=O) groups excluding carboxylic acids is 2. The van der Waals surface area contributed by atoms with Crippen molar-refractivity contribution in [1.29, 1.82) is 0 Å². The lowest BCUT2D eigenvalue weighted by Crippen LogP contribution is -2.48. The quantitative estimate of drug-likeness (QED) is 0.655. The molecule has 8 heteroatoms. The van der Waals surface area contributed by atoms with Crippen molar-refractivity contribution in [3.8, 4) is 0 Å². The summed E-state index contributed by atoms with van der Waals surface area (Å²) >= 11 is 0. The maximum atomic E-state index is 12.5. The molecule has 0 aliphatic heterocycles. The van der Waals surface area contributed by atoms with Gasteiger partial charge in [0.2, 0.25) is 10.0 Å². The van der Waals surface area contributed by atoms with Crippen LogP contribution in [-0.2, 0) is 29.1 Å². The molecule has 1 fully saturated rings. The molecule has 0 aromatic carbocycles. The van der Waals surface area contributed by atoms with E-state index in [1.807, 2.05) is 0 Å². The summed E-state index contributed by atoms with van der Waals surface area (Å²) in [7, 11) is -1.61. The van der Waals surface area contributed by atoms with Crippen LogP contribution in [0.4, 0.5) is 0 Å². The maximum Gasteiger partial charge on any atom is 0.325 e. The molecule has 1 aliphatic rings. The summed E-state index contributed by atoms with van der Waals surface area (Å²) in [5.41, 5.74) is 0.